The minimum atomic E-state index is -0.654. The lowest BCUT2D eigenvalue weighted by molar-refractivity contribution is 0.0722. The summed E-state index contributed by atoms with van der Waals surface area (Å²) < 4.78 is 11.1. The van der Waals surface area contributed by atoms with E-state index in [1.54, 1.807) is 35.2 Å². The van der Waals surface area contributed by atoms with E-state index in [9.17, 15) is 14.7 Å². The number of phenols is 1. The van der Waals surface area contributed by atoms with Crippen molar-refractivity contribution in [2.24, 2.45) is 0 Å². The third kappa shape index (κ3) is 3.75. The zero-order chi connectivity index (χ0) is 22.3. The molecule has 0 radical (unpaired) electrons. The number of ether oxygens (including phenoxy) is 1. The molecule has 7 nitrogen and oxygen atoms in total. The molecule has 0 saturated carbocycles. The standard InChI is InChI=1S/C23H23ClN2O5/c1-25(2)9-4-10-26-20(13-5-7-16(27)18(11-13)30-3)19-21(28)15-12-14(24)6-8-17(15)31-22(19)23(26)29/h5-8,11-12,20,27H,4,9-10H2,1-3H3/t20-/m1/s1. The van der Waals surface area contributed by atoms with Gasteiger partial charge in [0.25, 0.3) is 5.91 Å². The minimum absolute atomic E-state index is 0.0210. The van der Waals surface area contributed by atoms with Gasteiger partial charge in [-0.2, -0.15) is 0 Å². The van der Waals surface area contributed by atoms with Gasteiger partial charge in [-0.25, -0.2) is 0 Å². The second kappa shape index (κ2) is 8.24. The maximum absolute atomic E-state index is 13.5. The van der Waals surface area contributed by atoms with Gasteiger partial charge in [0.1, 0.15) is 5.58 Å². The molecule has 1 amide bonds. The Kier molecular flexibility index (Phi) is 5.64. The zero-order valence-corrected chi connectivity index (χ0v) is 18.3. The first kappa shape index (κ1) is 21.2. The van der Waals surface area contributed by atoms with E-state index >= 15 is 0 Å². The number of aromatic hydroxyl groups is 1. The zero-order valence-electron chi connectivity index (χ0n) is 17.5. The summed E-state index contributed by atoms with van der Waals surface area (Å²) in [5.41, 5.74) is 0.954. The maximum Gasteiger partial charge on any atom is 0.290 e. The van der Waals surface area contributed by atoms with Crippen molar-refractivity contribution in [3.63, 3.8) is 0 Å². The Labute approximate surface area is 184 Å². The average molecular weight is 443 g/mol. The first-order chi connectivity index (χ1) is 14.8. The summed E-state index contributed by atoms with van der Waals surface area (Å²) in [5, 5.41) is 10.7. The molecular weight excluding hydrogens is 420 g/mol. The van der Waals surface area contributed by atoms with Crippen LogP contribution in [0.5, 0.6) is 11.5 Å². The number of rotatable bonds is 6. The molecule has 0 bridgehead atoms. The highest BCUT2D eigenvalue weighted by molar-refractivity contribution is 6.31. The topological polar surface area (TPSA) is 83.2 Å². The van der Waals surface area contributed by atoms with E-state index in [0.29, 0.717) is 28.1 Å². The van der Waals surface area contributed by atoms with Crippen LogP contribution in [0.15, 0.2) is 45.6 Å². The summed E-state index contributed by atoms with van der Waals surface area (Å²) in [4.78, 5) is 30.5. The number of carbonyl (C=O) groups is 1. The molecule has 0 spiro atoms. The molecule has 1 aromatic heterocycles. The second-order valence-electron chi connectivity index (χ2n) is 7.80. The minimum Gasteiger partial charge on any atom is -0.504 e. The lowest BCUT2D eigenvalue weighted by Gasteiger charge is -2.26. The van der Waals surface area contributed by atoms with Gasteiger partial charge < -0.3 is 24.1 Å². The Hall–Kier alpha value is -3.03. The molecular formula is C23H23ClN2O5. The van der Waals surface area contributed by atoms with Crippen molar-refractivity contribution in [1.82, 2.24) is 9.80 Å². The third-order valence-corrected chi connectivity index (χ3v) is 5.69. The van der Waals surface area contributed by atoms with Crippen LogP contribution < -0.4 is 10.2 Å². The summed E-state index contributed by atoms with van der Waals surface area (Å²) >= 11 is 6.10. The number of nitrogens with zero attached hydrogens (tertiary/aromatic N) is 2. The van der Waals surface area contributed by atoms with Gasteiger partial charge in [0, 0.05) is 11.6 Å². The number of benzene rings is 2. The van der Waals surface area contributed by atoms with Crippen LogP contribution in [0.25, 0.3) is 11.0 Å². The third-order valence-electron chi connectivity index (χ3n) is 5.45. The molecule has 31 heavy (non-hydrogen) atoms. The molecule has 0 fully saturated rings. The fraction of sp³-hybridized carbons (Fsp3) is 0.304. The number of carbonyl (C=O) groups excluding carboxylic acids is 1. The molecule has 1 aliphatic heterocycles. The highest BCUT2D eigenvalue weighted by Gasteiger charge is 2.42. The van der Waals surface area contributed by atoms with E-state index in [0.717, 1.165) is 13.0 Å². The molecule has 1 N–H and O–H groups in total. The van der Waals surface area contributed by atoms with Crippen molar-refractivity contribution in [3.8, 4) is 11.5 Å². The number of fused-ring (bicyclic) bond motifs is 2. The number of amides is 1. The van der Waals surface area contributed by atoms with Gasteiger partial charge >= 0.3 is 0 Å². The summed E-state index contributed by atoms with van der Waals surface area (Å²) in [6.07, 6.45) is 0.720. The van der Waals surface area contributed by atoms with Crippen LogP contribution in [0.1, 0.15) is 34.1 Å². The van der Waals surface area contributed by atoms with Crippen LogP contribution in [-0.4, -0.2) is 55.1 Å². The molecule has 3 aromatic rings. The molecule has 8 heteroatoms. The summed E-state index contributed by atoms with van der Waals surface area (Å²) in [6.45, 7) is 1.22. The van der Waals surface area contributed by atoms with E-state index < -0.39 is 6.04 Å². The highest BCUT2D eigenvalue weighted by Crippen LogP contribution is 2.40. The molecule has 0 unspecified atom stereocenters. The fourth-order valence-corrected chi connectivity index (χ4v) is 4.16. The Balaban J connectivity index is 1.90. The average Bonchev–Trinajstić information content (AvgIpc) is 3.01. The van der Waals surface area contributed by atoms with E-state index in [-0.39, 0.29) is 34.2 Å². The number of phenolic OH excluding ortho intramolecular Hbond substituents is 1. The normalized spacial score (nSPS) is 15.7. The SMILES string of the molecule is COc1cc([C@@H]2c3c(oc4ccc(Cl)cc4c3=O)C(=O)N2CCCN(C)C)ccc1O. The van der Waals surface area contributed by atoms with Gasteiger partial charge in [-0.1, -0.05) is 17.7 Å². The number of hydrogen-bond donors (Lipinski definition) is 1. The van der Waals surface area contributed by atoms with Crippen LogP contribution >= 0.6 is 11.6 Å². The van der Waals surface area contributed by atoms with Crippen molar-refractivity contribution in [2.45, 2.75) is 12.5 Å². The molecule has 0 aliphatic carbocycles. The first-order valence-corrected chi connectivity index (χ1v) is 10.3. The highest BCUT2D eigenvalue weighted by atomic mass is 35.5. The lowest BCUT2D eigenvalue weighted by atomic mass is 9.98. The monoisotopic (exact) mass is 442 g/mol. The van der Waals surface area contributed by atoms with Gasteiger partial charge in [-0.15, -0.1) is 0 Å². The first-order valence-electron chi connectivity index (χ1n) is 9.90. The Morgan fingerprint density at radius 1 is 1.19 bits per heavy atom. The predicted octanol–water partition coefficient (Wildman–Crippen LogP) is 3.66. The van der Waals surface area contributed by atoms with Gasteiger partial charge in [0.2, 0.25) is 5.76 Å². The molecule has 0 saturated heterocycles. The van der Waals surface area contributed by atoms with Gasteiger partial charge in [-0.05, 0) is 63.0 Å². The van der Waals surface area contributed by atoms with Crippen molar-refractivity contribution < 1.29 is 19.1 Å². The number of halogens is 1. The van der Waals surface area contributed by atoms with Crippen molar-refractivity contribution in [1.29, 1.82) is 0 Å². The van der Waals surface area contributed by atoms with Gasteiger partial charge in [0.15, 0.2) is 16.9 Å². The van der Waals surface area contributed by atoms with Crippen molar-refractivity contribution in [3.05, 3.63) is 68.5 Å². The van der Waals surface area contributed by atoms with Crippen LogP contribution in [0.4, 0.5) is 0 Å². The van der Waals surface area contributed by atoms with Crippen molar-refractivity contribution >= 4 is 28.5 Å². The van der Waals surface area contributed by atoms with Crippen molar-refractivity contribution in [2.75, 3.05) is 34.3 Å². The van der Waals surface area contributed by atoms with E-state index in [1.165, 1.54) is 13.2 Å². The molecule has 4 rings (SSSR count). The van der Waals surface area contributed by atoms with Crippen LogP contribution in [-0.2, 0) is 0 Å². The number of methoxy groups -OCH3 is 1. The summed E-state index contributed by atoms with van der Waals surface area (Å²) in [7, 11) is 5.38. The van der Waals surface area contributed by atoms with Crippen LogP contribution in [0, 0.1) is 0 Å². The summed E-state index contributed by atoms with van der Waals surface area (Å²) in [5.74, 6) is -0.0476. The van der Waals surface area contributed by atoms with Crippen LogP contribution in [0.3, 0.4) is 0 Å². The largest absolute Gasteiger partial charge is 0.504 e. The molecule has 2 aromatic carbocycles. The van der Waals surface area contributed by atoms with Gasteiger partial charge in [-0.3, -0.25) is 9.59 Å². The lowest BCUT2D eigenvalue weighted by Crippen LogP contribution is -2.32. The molecule has 2 heterocycles. The molecule has 162 valence electrons. The second-order valence-corrected chi connectivity index (χ2v) is 8.24. The van der Waals surface area contributed by atoms with Gasteiger partial charge in [0.05, 0.1) is 24.1 Å². The smallest absolute Gasteiger partial charge is 0.290 e. The maximum atomic E-state index is 13.5. The predicted molar refractivity (Wildman–Crippen MR) is 118 cm³/mol. The van der Waals surface area contributed by atoms with E-state index in [1.807, 2.05) is 19.0 Å². The molecule has 1 atom stereocenters. The Morgan fingerprint density at radius 2 is 1.97 bits per heavy atom. The summed E-state index contributed by atoms with van der Waals surface area (Å²) in [6, 6.07) is 8.94. The van der Waals surface area contributed by atoms with Crippen LogP contribution in [0.2, 0.25) is 5.02 Å². The Morgan fingerprint density at radius 3 is 2.68 bits per heavy atom. The number of hydrogen-bond acceptors (Lipinski definition) is 6. The molecule has 1 aliphatic rings. The Bertz CT molecular complexity index is 1220. The van der Waals surface area contributed by atoms with E-state index in [4.69, 9.17) is 20.8 Å². The quantitative estimate of drug-likeness (QED) is 0.627. The van der Waals surface area contributed by atoms with E-state index in [2.05, 4.69) is 0 Å². The fourth-order valence-electron chi connectivity index (χ4n) is 3.99.